The molecule has 7 heteroatoms. The van der Waals surface area contributed by atoms with Gasteiger partial charge in [0.1, 0.15) is 12.2 Å². The highest BCUT2D eigenvalue weighted by atomic mass is 19.3. The van der Waals surface area contributed by atoms with Crippen molar-refractivity contribution in [1.29, 1.82) is 0 Å². The molecule has 1 atom stereocenters. The number of rotatable bonds is 5. The van der Waals surface area contributed by atoms with Gasteiger partial charge in [-0.15, -0.1) is 0 Å². The van der Waals surface area contributed by atoms with Crippen LogP contribution in [0.5, 0.6) is 0 Å². The first-order chi connectivity index (χ1) is 12.6. The Balaban J connectivity index is 1.46. The topological polar surface area (TPSA) is 51.0 Å². The van der Waals surface area contributed by atoms with E-state index in [2.05, 4.69) is 10.1 Å². The summed E-state index contributed by atoms with van der Waals surface area (Å²) in [6.07, 6.45) is 4.92. The smallest absolute Gasteiger partial charge is 0.282 e. The van der Waals surface area contributed by atoms with Gasteiger partial charge in [-0.1, -0.05) is 6.07 Å². The molecule has 2 aliphatic rings. The number of aromatic nitrogens is 3. The lowest BCUT2D eigenvalue weighted by atomic mass is 9.92. The van der Waals surface area contributed by atoms with E-state index in [-0.39, 0.29) is 30.0 Å². The van der Waals surface area contributed by atoms with E-state index in [1.54, 1.807) is 6.20 Å². The molecule has 2 fully saturated rings. The number of hydrogen-bond donors (Lipinski definition) is 0. The predicted octanol–water partition coefficient (Wildman–Crippen LogP) is 3.50. The Labute approximate surface area is 151 Å². The summed E-state index contributed by atoms with van der Waals surface area (Å²) in [6, 6.07) is 5.41. The quantitative estimate of drug-likeness (QED) is 0.820. The highest BCUT2D eigenvalue weighted by molar-refractivity contribution is 5.76. The van der Waals surface area contributed by atoms with E-state index in [1.165, 1.54) is 10.7 Å². The van der Waals surface area contributed by atoms with Crippen molar-refractivity contribution >= 4 is 5.91 Å². The van der Waals surface area contributed by atoms with Gasteiger partial charge in [-0.2, -0.15) is 5.10 Å². The molecular formula is C19H22F2N4O. The van der Waals surface area contributed by atoms with Gasteiger partial charge >= 0.3 is 0 Å². The van der Waals surface area contributed by atoms with Crippen molar-refractivity contribution in [1.82, 2.24) is 19.7 Å². The van der Waals surface area contributed by atoms with Gasteiger partial charge in [0, 0.05) is 43.0 Å². The van der Waals surface area contributed by atoms with Crippen LogP contribution in [-0.2, 0) is 11.3 Å². The number of likely N-dealkylation sites (tertiary alicyclic amines) is 1. The Morgan fingerprint density at radius 2 is 2.12 bits per heavy atom. The fraction of sp³-hybridized carbons (Fsp3) is 0.526. The van der Waals surface area contributed by atoms with Crippen LogP contribution in [-0.4, -0.2) is 38.7 Å². The lowest BCUT2D eigenvalue weighted by molar-refractivity contribution is -0.133. The number of carbonyl (C=O) groups is 1. The van der Waals surface area contributed by atoms with Gasteiger partial charge in [0.25, 0.3) is 6.43 Å². The van der Waals surface area contributed by atoms with Crippen LogP contribution in [0.15, 0.2) is 30.6 Å². The first kappa shape index (κ1) is 17.1. The third-order valence-corrected chi connectivity index (χ3v) is 5.26. The minimum atomic E-state index is -2.60. The fourth-order valence-corrected chi connectivity index (χ4v) is 3.71. The molecule has 1 saturated carbocycles. The van der Waals surface area contributed by atoms with Gasteiger partial charge < -0.3 is 4.90 Å². The van der Waals surface area contributed by atoms with Gasteiger partial charge in [-0.25, -0.2) is 8.78 Å². The molecule has 1 aliphatic carbocycles. The average molecular weight is 360 g/mol. The highest BCUT2D eigenvalue weighted by Gasteiger charge is 2.31. The molecule has 2 aromatic rings. The van der Waals surface area contributed by atoms with Crippen molar-refractivity contribution < 1.29 is 13.6 Å². The molecule has 26 heavy (non-hydrogen) atoms. The van der Waals surface area contributed by atoms with E-state index in [4.69, 9.17) is 0 Å². The molecule has 0 N–H and O–H groups in total. The Kier molecular flexibility index (Phi) is 4.70. The number of piperidine rings is 1. The van der Waals surface area contributed by atoms with Crippen LogP contribution in [0.4, 0.5) is 8.78 Å². The molecule has 1 amide bonds. The van der Waals surface area contributed by atoms with E-state index < -0.39 is 6.43 Å². The Bertz CT molecular complexity index is 773. The molecule has 1 aliphatic heterocycles. The number of nitrogens with zero attached hydrogens (tertiary/aromatic N) is 4. The van der Waals surface area contributed by atoms with Crippen molar-refractivity contribution in [2.24, 2.45) is 0 Å². The maximum atomic E-state index is 13.0. The van der Waals surface area contributed by atoms with Crippen molar-refractivity contribution in [2.45, 2.75) is 50.5 Å². The Morgan fingerprint density at radius 3 is 2.81 bits per heavy atom. The summed E-state index contributed by atoms with van der Waals surface area (Å²) in [5.74, 6) is 0.496. The lowest BCUT2D eigenvalue weighted by Crippen LogP contribution is -2.41. The predicted molar refractivity (Wildman–Crippen MR) is 92.0 cm³/mol. The molecule has 0 radical (unpaired) electrons. The Hall–Kier alpha value is -2.31. The summed E-state index contributed by atoms with van der Waals surface area (Å²) in [4.78, 5) is 18.8. The van der Waals surface area contributed by atoms with Crippen molar-refractivity contribution in [3.63, 3.8) is 0 Å². The first-order valence-electron chi connectivity index (χ1n) is 9.15. The molecule has 1 unspecified atom stereocenters. The lowest BCUT2D eigenvalue weighted by Gasteiger charge is -2.33. The summed E-state index contributed by atoms with van der Waals surface area (Å²) >= 11 is 0. The van der Waals surface area contributed by atoms with Crippen LogP contribution in [0.2, 0.25) is 0 Å². The minimum absolute atomic E-state index is 0.0400. The van der Waals surface area contributed by atoms with Crippen LogP contribution in [0.25, 0.3) is 0 Å². The normalized spacial score (nSPS) is 20.6. The largest absolute Gasteiger partial charge is 0.340 e. The number of carbonyl (C=O) groups excluding carboxylic acids is 1. The third-order valence-electron chi connectivity index (χ3n) is 5.26. The molecule has 5 nitrogen and oxygen atoms in total. The SMILES string of the molecule is O=C(Cn1nc(C(F)F)cc1C1CC1)N1CCCC(c2cccnc2)C1. The molecule has 1 saturated heterocycles. The zero-order valence-corrected chi connectivity index (χ0v) is 14.5. The zero-order chi connectivity index (χ0) is 18.1. The second-order valence-corrected chi connectivity index (χ2v) is 7.19. The van der Waals surface area contributed by atoms with Crippen LogP contribution in [0, 0.1) is 0 Å². The molecule has 138 valence electrons. The molecular weight excluding hydrogens is 338 g/mol. The molecule has 0 bridgehead atoms. The van der Waals surface area contributed by atoms with Crippen molar-refractivity contribution in [3.8, 4) is 0 Å². The van der Waals surface area contributed by atoms with Gasteiger partial charge in [0.2, 0.25) is 5.91 Å². The summed E-state index contributed by atoms with van der Waals surface area (Å²) < 4.78 is 27.5. The molecule has 2 aromatic heterocycles. The average Bonchev–Trinajstić information content (AvgIpc) is 3.42. The van der Waals surface area contributed by atoms with E-state index in [0.717, 1.165) is 36.9 Å². The minimum Gasteiger partial charge on any atom is -0.340 e. The Morgan fingerprint density at radius 1 is 1.27 bits per heavy atom. The van der Waals surface area contributed by atoms with Crippen LogP contribution in [0.3, 0.4) is 0 Å². The summed E-state index contributed by atoms with van der Waals surface area (Å²) in [6.45, 7) is 1.39. The monoisotopic (exact) mass is 360 g/mol. The summed E-state index contributed by atoms with van der Waals surface area (Å²) in [7, 11) is 0. The standard InChI is InChI=1S/C19H22F2N4O/c20-19(21)16-9-17(13-5-6-13)25(23-16)12-18(26)24-8-2-4-15(11-24)14-3-1-7-22-10-14/h1,3,7,9-10,13,15,19H,2,4-6,8,11-12H2. The maximum Gasteiger partial charge on any atom is 0.282 e. The van der Waals surface area contributed by atoms with Crippen LogP contribution in [0.1, 0.15) is 60.9 Å². The van der Waals surface area contributed by atoms with Gasteiger partial charge in [0.05, 0.1) is 0 Å². The number of hydrogen-bond acceptors (Lipinski definition) is 3. The van der Waals surface area contributed by atoms with Crippen LogP contribution < -0.4 is 0 Å². The van der Waals surface area contributed by atoms with Crippen molar-refractivity contribution in [3.05, 3.63) is 47.5 Å². The van der Waals surface area contributed by atoms with Crippen molar-refractivity contribution in [2.75, 3.05) is 13.1 Å². The number of amides is 1. The molecule has 3 heterocycles. The number of halogens is 2. The summed E-state index contributed by atoms with van der Waals surface area (Å²) in [5, 5.41) is 3.99. The maximum absolute atomic E-state index is 13.0. The second kappa shape index (κ2) is 7.13. The van der Waals surface area contributed by atoms with Gasteiger partial charge in [-0.05, 0) is 43.4 Å². The molecule has 4 rings (SSSR count). The zero-order valence-electron chi connectivity index (χ0n) is 14.5. The molecule has 0 aromatic carbocycles. The van der Waals surface area contributed by atoms with Gasteiger partial charge in [-0.3, -0.25) is 14.5 Å². The third kappa shape index (κ3) is 3.61. The highest BCUT2D eigenvalue weighted by Crippen LogP contribution is 2.41. The van der Waals surface area contributed by atoms with E-state index >= 15 is 0 Å². The van der Waals surface area contributed by atoms with E-state index in [1.807, 2.05) is 23.2 Å². The van der Waals surface area contributed by atoms with Crippen LogP contribution >= 0.6 is 0 Å². The second-order valence-electron chi connectivity index (χ2n) is 7.19. The van der Waals surface area contributed by atoms with E-state index in [0.29, 0.717) is 13.1 Å². The van der Waals surface area contributed by atoms with E-state index in [9.17, 15) is 13.6 Å². The first-order valence-corrected chi connectivity index (χ1v) is 9.15. The fourth-order valence-electron chi connectivity index (χ4n) is 3.71. The number of alkyl halides is 2. The van der Waals surface area contributed by atoms with Gasteiger partial charge in [0.15, 0.2) is 0 Å². The number of pyridine rings is 1. The molecule has 0 spiro atoms. The summed E-state index contributed by atoms with van der Waals surface area (Å²) in [5.41, 5.74) is 1.68.